The van der Waals surface area contributed by atoms with Gasteiger partial charge in [0.1, 0.15) is 11.8 Å². The Balaban J connectivity index is 1.93. The van der Waals surface area contributed by atoms with E-state index >= 15 is 0 Å². The van der Waals surface area contributed by atoms with Gasteiger partial charge in [-0.15, -0.1) is 0 Å². The van der Waals surface area contributed by atoms with Gasteiger partial charge < -0.3 is 15.0 Å². The predicted molar refractivity (Wildman–Crippen MR) is 143 cm³/mol. The Morgan fingerprint density at radius 1 is 0.971 bits per heavy atom. The van der Waals surface area contributed by atoms with E-state index in [-0.39, 0.29) is 25.0 Å². The molecule has 3 rings (SSSR count). The van der Waals surface area contributed by atoms with Crippen molar-refractivity contribution in [2.45, 2.75) is 45.3 Å². The molecule has 0 aliphatic carbocycles. The van der Waals surface area contributed by atoms with Gasteiger partial charge in [-0.05, 0) is 62.2 Å². The Kier molecular flexibility index (Phi) is 9.35. The minimum absolute atomic E-state index is 0.178. The van der Waals surface area contributed by atoms with Crippen LogP contribution in [0.1, 0.15) is 31.9 Å². The van der Waals surface area contributed by atoms with Crippen molar-refractivity contribution in [3.05, 3.63) is 99.5 Å². The van der Waals surface area contributed by atoms with E-state index in [1.807, 2.05) is 81.4 Å². The van der Waals surface area contributed by atoms with Crippen molar-refractivity contribution < 1.29 is 14.3 Å². The second kappa shape index (κ2) is 12.2. The second-order valence-electron chi connectivity index (χ2n) is 9.30. The fourth-order valence-electron chi connectivity index (χ4n) is 3.58. The summed E-state index contributed by atoms with van der Waals surface area (Å²) in [5.41, 5.74) is 1.25. The maximum atomic E-state index is 13.6. The summed E-state index contributed by atoms with van der Waals surface area (Å²) in [5, 5.41) is 3.58. The van der Waals surface area contributed by atoms with Crippen molar-refractivity contribution in [3.63, 3.8) is 0 Å². The molecule has 7 heteroatoms. The molecule has 0 unspecified atom stereocenters. The van der Waals surface area contributed by atoms with Crippen LogP contribution in [0.3, 0.4) is 0 Å². The normalized spacial score (nSPS) is 12.0. The van der Waals surface area contributed by atoms with Gasteiger partial charge >= 0.3 is 0 Å². The number of ether oxygens (including phenoxy) is 1. The molecule has 0 radical (unpaired) electrons. The Bertz CT molecular complexity index is 1130. The van der Waals surface area contributed by atoms with Crippen LogP contribution in [-0.4, -0.2) is 34.9 Å². The maximum Gasteiger partial charge on any atom is 0.261 e. The van der Waals surface area contributed by atoms with E-state index in [0.29, 0.717) is 17.2 Å². The highest BCUT2D eigenvalue weighted by Crippen LogP contribution is 2.22. The fourth-order valence-corrected chi connectivity index (χ4v) is 4.04. The van der Waals surface area contributed by atoms with Crippen molar-refractivity contribution in [1.29, 1.82) is 0 Å². The van der Waals surface area contributed by atoms with Crippen LogP contribution in [0.2, 0.25) is 5.02 Å². The van der Waals surface area contributed by atoms with Crippen molar-refractivity contribution in [2.24, 2.45) is 0 Å². The molecule has 0 bridgehead atoms. The SMILES string of the molecule is CC(C)(C)NC(=O)[C@H](Cc1ccccc1)N(Cc1ccccc1Cl)C(=O)COc1ccc(Br)cc1. The number of hydrogen-bond acceptors (Lipinski definition) is 3. The summed E-state index contributed by atoms with van der Waals surface area (Å²) in [4.78, 5) is 28.6. The lowest BCUT2D eigenvalue weighted by atomic mass is 10.0. The predicted octanol–water partition coefficient (Wildman–Crippen LogP) is 6.04. The molecule has 3 aromatic rings. The molecule has 0 fully saturated rings. The molecule has 0 saturated carbocycles. The zero-order chi connectivity index (χ0) is 25.4. The van der Waals surface area contributed by atoms with Crippen LogP contribution in [0.5, 0.6) is 5.75 Å². The molecule has 0 aliphatic rings. The van der Waals surface area contributed by atoms with Crippen LogP contribution in [-0.2, 0) is 22.6 Å². The highest BCUT2D eigenvalue weighted by atomic mass is 79.9. The van der Waals surface area contributed by atoms with Gasteiger partial charge in [-0.3, -0.25) is 9.59 Å². The highest BCUT2D eigenvalue weighted by Gasteiger charge is 2.32. The second-order valence-corrected chi connectivity index (χ2v) is 10.6. The average Bonchev–Trinajstić information content (AvgIpc) is 2.81. The van der Waals surface area contributed by atoms with E-state index in [2.05, 4.69) is 21.2 Å². The zero-order valence-corrected chi connectivity index (χ0v) is 22.5. The summed E-state index contributed by atoms with van der Waals surface area (Å²) >= 11 is 9.83. The molecule has 0 aliphatic heterocycles. The van der Waals surface area contributed by atoms with Gasteiger partial charge in [-0.25, -0.2) is 0 Å². The lowest BCUT2D eigenvalue weighted by Gasteiger charge is -2.34. The molecule has 1 N–H and O–H groups in total. The van der Waals surface area contributed by atoms with Crippen LogP contribution < -0.4 is 10.1 Å². The standard InChI is InChI=1S/C28H30BrClN2O3/c1-28(2,3)31-27(34)25(17-20-9-5-4-6-10-20)32(18-21-11-7-8-12-24(21)30)26(33)19-35-23-15-13-22(29)14-16-23/h4-16,25H,17-19H2,1-3H3,(H,31,34)/t25-/m0/s1. The number of rotatable bonds is 9. The summed E-state index contributed by atoms with van der Waals surface area (Å²) < 4.78 is 6.69. The third kappa shape index (κ3) is 8.41. The summed E-state index contributed by atoms with van der Waals surface area (Å²) in [7, 11) is 0. The number of carbonyl (C=O) groups is 2. The van der Waals surface area contributed by atoms with Crippen LogP contribution in [0, 0.1) is 0 Å². The molecular formula is C28H30BrClN2O3. The van der Waals surface area contributed by atoms with Crippen LogP contribution in [0.25, 0.3) is 0 Å². The van der Waals surface area contributed by atoms with E-state index < -0.39 is 11.6 Å². The molecule has 0 heterocycles. The van der Waals surface area contributed by atoms with Gasteiger partial charge in [-0.2, -0.15) is 0 Å². The molecule has 35 heavy (non-hydrogen) atoms. The first kappa shape index (κ1) is 26.8. The Labute approximate surface area is 220 Å². The number of nitrogens with one attached hydrogen (secondary N) is 1. The van der Waals surface area contributed by atoms with Gasteiger partial charge in [0.2, 0.25) is 5.91 Å². The molecule has 0 spiro atoms. The maximum absolute atomic E-state index is 13.6. The van der Waals surface area contributed by atoms with Gasteiger partial charge in [0.15, 0.2) is 6.61 Å². The Morgan fingerprint density at radius 3 is 2.23 bits per heavy atom. The summed E-state index contributed by atoms with van der Waals surface area (Å²) in [6.07, 6.45) is 0.358. The van der Waals surface area contributed by atoms with Crippen molar-refractivity contribution >= 4 is 39.3 Å². The highest BCUT2D eigenvalue weighted by molar-refractivity contribution is 9.10. The largest absolute Gasteiger partial charge is 0.484 e. The Hall–Kier alpha value is -2.83. The first-order valence-corrected chi connectivity index (χ1v) is 12.6. The number of nitrogens with zero attached hydrogens (tertiary/aromatic N) is 1. The minimum atomic E-state index is -0.756. The van der Waals surface area contributed by atoms with Crippen molar-refractivity contribution in [2.75, 3.05) is 6.61 Å². The monoisotopic (exact) mass is 556 g/mol. The molecule has 5 nitrogen and oxygen atoms in total. The summed E-state index contributed by atoms with van der Waals surface area (Å²) in [5.74, 6) is 0.0289. The van der Waals surface area contributed by atoms with Crippen LogP contribution in [0.15, 0.2) is 83.3 Å². The summed E-state index contributed by atoms with van der Waals surface area (Å²) in [6.45, 7) is 5.72. The first-order valence-electron chi connectivity index (χ1n) is 11.4. The summed E-state index contributed by atoms with van der Waals surface area (Å²) in [6, 6.07) is 23.5. The van der Waals surface area contributed by atoms with Gasteiger partial charge in [0.05, 0.1) is 0 Å². The first-order chi connectivity index (χ1) is 16.6. The molecule has 2 amide bonds. The Morgan fingerprint density at radius 2 is 1.60 bits per heavy atom. The molecule has 184 valence electrons. The quantitative estimate of drug-likeness (QED) is 0.349. The topological polar surface area (TPSA) is 58.6 Å². The molecule has 3 aromatic carbocycles. The van der Waals surface area contributed by atoms with Crippen LogP contribution >= 0.6 is 27.5 Å². The molecule has 0 aromatic heterocycles. The zero-order valence-electron chi connectivity index (χ0n) is 20.1. The molecule has 0 saturated heterocycles. The van der Waals surface area contributed by atoms with Gasteiger partial charge in [0.25, 0.3) is 5.91 Å². The van der Waals surface area contributed by atoms with Crippen molar-refractivity contribution in [1.82, 2.24) is 10.2 Å². The molecule has 1 atom stereocenters. The van der Waals surface area contributed by atoms with Gasteiger partial charge in [-0.1, -0.05) is 76.1 Å². The van der Waals surface area contributed by atoms with Crippen LogP contribution in [0.4, 0.5) is 0 Å². The lowest BCUT2D eigenvalue weighted by Crippen LogP contribution is -2.55. The molecular weight excluding hydrogens is 528 g/mol. The number of benzene rings is 3. The van der Waals surface area contributed by atoms with E-state index in [1.165, 1.54) is 0 Å². The third-order valence-corrected chi connectivity index (χ3v) is 6.14. The van der Waals surface area contributed by atoms with E-state index in [0.717, 1.165) is 15.6 Å². The number of carbonyl (C=O) groups excluding carboxylic acids is 2. The van der Waals surface area contributed by atoms with Crippen molar-refractivity contribution in [3.8, 4) is 5.75 Å². The number of halogens is 2. The van der Waals surface area contributed by atoms with Gasteiger partial charge in [0, 0.05) is 28.0 Å². The lowest BCUT2D eigenvalue weighted by molar-refractivity contribution is -0.143. The fraction of sp³-hybridized carbons (Fsp3) is 0.286. The van der Waals surface area contributed by atoms with E-state index in [9.17, 15) is 9.59 Å². The van der Waals surface area contributed by atoms with E-state index in [1.54, 1.807) is 23.1 Å². The smallest absolute Gasteiger partial charge is 0.261 e. The number of hydrogen-bond donors (Lipinski definition) is 1. The van der Waals surface area contributed by atoms with E-state index in [4.69, 9.17) is 16.3 Å². The third-order valence-electron chi connectivity index (χ3n) is 5.24. The number of amides is 2. The average molecular weight is 558 g/mol. The minimum Gasteiger partial charge on any atom is -0.484 e.